The van der Waals surface area contributed by atoms with E-state index in [0.717, 1.165) is 25.3 Å². The molecule has 0 bridgehead atoms. The van der Waals surface area contributed by atoms with E-state index in [9.17, 15) is 5.11 Å². The Bertz CT molecular complexity index is 419. The Labute approximate surface area is 117 Å². The summed E-state index contributed by atoms with van der Waals surface area (Å²) in [6.45, 7) is 7.72. The van der Waals surface area contributed by atoms with Gasteiger partial charge in [0.05, 0.1) is 6.61 Å². The van der Waals surface area contributed by atoms with Gasteiger partial charge in [0.1, 0.15) is 0 Å². The predicted octanol–water partition coefficient (Wildman–Crippen LogP) is 3.33. The van der Waals surface area contributed by atoms with Gasteiger partial charge < -0.3 is 10.4 Å². The van der Waals surface area contributed by atoms with E-state index in [1.54, 1.807) is 0 Å². The minimum Gasteiger partial charge on any atom is -0.394 e. The largest absolute Gasteiger partial charge is 0.394 e. The Morgan fingerprint density at radius 1 is 1.26 bits per heavy atom. The van der Waals surface area contributed by atoms with Gasteiger partial charge in [-0.15, -0.1) is 0 Å². The highest BCUT2D eigenvalue weighted by Gasteiger charge is 2.32. The molecule has 1 aliphatic carbocycles. The molecular formula is C17H27NO. The fraction of sp³-hybridized carbons (Fsp3) is 0.647. The summed E-state index contributed by atoms with van der Waals surface area (Å²) in [6, 6.07) is 6.59. The molecule has 0 radical (unpaired) electrons. The molecule has 0 atom stereocenters. The summed E-state index contributed by atoms with van der Waals surface area (Å²) < 4.78 is 0. The van der Waals surface area contributed by atoms with Crippen LogP contribution in [0.15, 0.2) is 18.2 Å². The SMILES string of the molecule is Cc1ccc(C)c(CNC2(CO)CCC(C)CC2)c1. The average Bonchev–Trinajstić information content (AvgIpc) is 2.42. The molecule has 2 rings (SSSR count). The smallest absolute Gasteiger partial charge is 0.0613 e. The van der Waals surface area contributed by atoms with E-state index in [0.29, 0.717) is 0 Å². The molecule has 1 aromatic rings. The van der Waals surface area contributed by atoms with E-state index in [1.165, 1.54) is 29.5 Å². The fourth-order valence-corrected chi connectivity index (χ4v) is 2.98. The number of hydrogen-bond acceptors (Lipinski definition) is 2. The lowest BCUT2D eigenvalue weighted by atomic mass is 9.77. The summed E-state index contributed by atoms with van der Waals surface area (Å²) in [5.74, 6) is 0.808. The van der Waals surface area contributed by atoms with Crippen LogP contribution in [0.25, 0.3) is 0 Å². The second kappa shape index (κ2) is 6.06. The van der Waals surface area contributed by atoms with Crippen LogP contribution in [-0.2, 0) is 6.54 Å². The van der Waals surface area contributed by atoms with Crippen molar-refractivity contribution < 1.29 is 5.11 Å². The van der Waals surface area contributed by atoms with E-state index in [2.05, 4.69) is 44.3 Å². The second-order valence-corrected chi connectivity index (χ2v) is 6.40. The monoisotopic (exact) mass is 261 g/mol. The van der Waals surface area contributed by atoms with Crippen LogP contribution in [0.4, 0.5) is 0 Å². The minimum atomic E-state index is -0.0529. The standard InChI is InChI=1S/C17H27NO/c1-13-6-8-17(12-19,9-7-13)18-11-16-10-14(2)4-5-15(16)3/h4-5,10,13,18-19H,6-9,11-12H2,1-3H3. The molecule has 2 N–H and O–H groups in total. The lowest BCUT2D eigenvalue weighted by molar-refractivity contribution is 0.104. The van der Waals surface area contributed by atoms with Crippen molar-refractivity contribution in [1.82, 2.24) is 5.32 Å². The van der Waals surface area contributed by atoms with Gasteiger partial charge in [-0.25, -0.2) is 0 Å². The van der Waals surface area contributed by atoms with Gasteiger partial charge in [-0.05, 0) is 56.6 Å². The van der Waals surface area contributed by atoms with Crippen molar-refractivity contribution in [3.05, 3.63) is 34.9 Å². The summed E-state index contributed by atoms with van der Waals surface area (Å²) in [7, 11) is 0. The van der Waals surface area contributed by atoms with E-state index < -0.39 is 0 Å². The first kappa shape index (κ1) is 14.5. The molecule has 0 aromatic heterocycles. The van der Waals surface area contributed by atoms with Crippen LogP contribution in [0.5, 0.6) is 0 Å². The van der Waals surface area contributed by atoms with Crippen molar-refractivity contribution in [2.45, 2.75) is 58.5 Å². The van der Waals surface area contributed by atoms with Crippen molar-refractivity contribution >= 4 is 0 Å². The first-order chi connectivity index (χ1) is 9.04. The molecule has 106 valence electrons. The van der Waals surface area contributed by atoms with Crippen LogP contribution in [0.2, 0.25) is 0 Å². The van der Waals surface area contributed by atoms with E-state index in [4.69, 9.17) is 0 Å². The first-order valence-corrected chi connectivity index (χ1v) is 7.47. The Kier molecular flexibility index (Phi) is 4.64. The Morgan fingerprint density at radius 2 is 1.95 bits per heavy atom. The molecule has 2 heteroatoms. The third-order valence-electron chi connectivity index (χ3n) is 4.69. The van der Waals surface area contributed by atoms with Crippen LogP contribution < -0.4 is 5.32 Å². The average molecular weight is 261 g/mol. The summed E-state index contributed by atoms with van der Waals surface area (Å²) in [5, 5.41) is 13.4. The Hall–Kier alpha value is -0.860. The number of rotatable bonds is 4. The van der Waals surface area contributed by atoms with Gasteiger partial charge in [0.2, 0.25) is 0 Å². The van der Waals surface area contributed by atoms with Crippen LogP contribution in [0, 0.1) is 19.8 Å². The van der Waals surface area contributed by atoms with Crippen molar-refractivity contribution in [3.8, 4) is 0 Å². The van der Waals surface area contributed by atoms with Crippen molar-refractivity contribution in [3.63, 3.8) is 0 Å². The zero-order valence-electron chi connectivity index (χ0n) is 12.5. The maximum absolute atomic E-state index is 9.77. The highest BCUT2D eigenvalue weighted by atomic mass is 16.3. The van der Waals surface area contributed by atoms with Crippen molar-refractivity contribution in [1.29, 1.82) is 0 Å². The maximum atomic E-state index is 9.77. The Morgan fingerprint density at radius 3 is 2.58 bits per heavy atom. The third kappa shape index (κ3) is 3.58. The van der Waals surface area contributed by atoms with E-state index in [1.807, 2.05) is 0 Å². The van der Waals surface area contributed by atoms with E-state index in [-0.39, 0.29) is 12.1 Å². The normalized spacial score (nSPS) is 27.5. The summed E-state index contributed by atoms with van der Waals surface area (Å²) in [5.41, 5.74) is 3.93. The van der Waals surface area contributed by atoms with Gasteiger partial charge in [-0.1, -0.05) is 30.7 Å². The predicted molar refractivity (Wildman–Crippen MR) is 80.2 cm³/mol. The zero-order valence-corrected chi connectivity index (χ0v) is 12.5. The summed E-state index contributed by atoms with van der Waals surface area (Å²) in [4.78, 5) is 0. The Balaban J connectivity index is 2.01. The number of hydrogen-bond donors (Lipinski definition) is 2. The minimum absolute atomic E-state index is 0.0529. The molecule has 0 unspecified atom stereocenters. The molecule has 0 aliphatic heterocycles. The van der Waals surface area contributed by atoms with Gasteiger partial charge in [0.15, 0.2) is 0 Å². The van der Waals surface area contributed by atoms with Crippen LogP contribution in [0.3, 0.4) is 0 Å². The molecular weight excluding hydrogens is 234 g/mol. The van der Waals surface area contributed by atoms with Crippen LogP contribution in [0.1, 0.15) is 49.3 Å². The number of nitrogens with one attached hydrogen (secondary N) is 1. The summed E-state index contributed by atoms with van der Waals surface area (Å²) >= 11 is 0. The van der Waals surface area contributed by atoms with E-state index >= 15 is 0 Å². The second-order valence-electron chi connectivity index (χ2n) is 6.40. The number of benzene rings is 1. The molecule has 1 saturated carbocycles. The van der Waals surface area contributed by atoms with Crippen LogP contribution in [-0.4, -0.2) is 17.3 Å². The van der Waals surface area contributed by atoms with Gasteiger partial charge in [0.25, 0.3) is 0 Å². The third-order valence-corrected chi connectivity index (χ3v) is 4.69. The number of aliphatic hydroxyl groups excluding tert-OH is 1. The molecule has 1 aliphatic rings. The van der Waals surface area contributed by atoms with Gasteiger partial charge in [-0.3, -0.25) is 0 Å². The molecule has 0 saturated heterocycles. The highest BCUT2D eigenvalue weighted by molar-refractivity contribution is 5.30. The molecule has 2 nitrogen and oxygen atoms in total. The van der Waals surface area contributed by atoms with Gasteiger partial charge >= 0.3 is 0 Å². The van der Waals surface area contributed by atoms with Gasteiger partial charge in [-0.2, -0.15) is 0 Å². The molecule has 19 heavy (non-hydrogen) atoms. The molecule has 1 aromatic carbocycles. The zero-order chi connectivity index (χ0) is 13.9. The lowest BCUT2D eigenvalue weighted by Gasteiger charge is -2.39. The van der Waals surface area contributed by atoms with Crippen LogP contribution >= 0.6 is 0 Å². The highest BCUT2D eigenvalue weighted by Crippen LogP contribution is 2.32. The number of aryl methyl sites for hydroxylation is 2. The van der Waals surface area contributed by atoms with Gasteiger partial charge in [0, 0.05) is 12.1 Å². The molecule has 0 spiro atoms. The fourth-order valence-electron chi connectivity index (χ4n) is 2.98. The number of aliphatic hydroxyl groups is 1. The lowest BCUT2D eigenvalue weighted by Crippen LogP contribution is -2.50. The topological polar surface area (TPSA) is 32.3 Å². The quantitative estimate of drug-likeness (QED) is 0.871. The summed E-state index contributed by atoms with van der Waals surface area (Å²) in [6.07, 6.45) is 4.63. The molecule has 0 heterocycles. The maximum Gasteiger partial charge on any atom is 0.0613 e. The first-order valence-electron chi connectivity index (χ1n) is 7.47. The van der Waals surface area contributed by atoms with Crippen molar-refractivity contribution in [2.75, 3.05) is 6.61 Å². The van der Waals surface area contributed by atoms with Crippen molar-refractivity contribution in [2.24, 2.45) is 5.92 Å². The molecule has 1 fully saturated rings. The molecule has 0 amide bonds.